The van der Waals surface area contributed by atoms with Gasteiger partial charge in [0.1, 0.15) is 6.61 Å². The fraction of sp³-hybridized carbons (Fsp3) is 0.200. The molecule has 0 fully saturated rings. The van der Waals surface area contributed by atoms with Gasteiger partial charge in [-0.05, 0) is 48.0 Å². The maximum Gasteiger partial charge on any atom is 0.269 e. The summed E-state index contributed by atoms with van der Waals surface area (Å²) in [7, 11) is 3.14. The van der Waals surface area contributed by atoms with Crippen LogP contribution in [-0.2, 0) is 4.79 Å². The highest BCUT2D eigenvalue weighted by molar-refractivity contribution is 6.01. The van der Waals surface area contributed by atoms with Crippen LogP contribution in [0.15, 0.2) is 79.0 Å². The average molecular weight is 511 g/mol. The highest BCUT2D eigenvalue weighted by Gasteiger charge is 2.30. The molecule has 0 radical (unpaired) electrons. The number of Topliss-reactive ketones (excluding diaryl/α,β-unsaturated/α-hetero) is 1. The molecule has 8 heteroatoms. The number of carbonyl (C=O) groups is 2. The minimum atomic E-state index is -0.750. The molecule has 2 aliphatic heterocycles. The van der Waals surface area contributed by atoms with Gasteiger partial charge < -0.3 is 28.8 Å². The number of benzene rings is 3. The van der Waals surface area contributed by atoms with Gasteiger partial charge in [0.15, 0.2) is 28.8 Å². The van der Waals surface area contributed by atoms with Gasteiger partial charge in [-0.2, -0.15) is 0 Å². The third kappa shape index (κ3) is 4.14. The molecule has 2 aliphatic rings. The molecular formula is C30H26N2O6. The Kier molecular flexibility index (Phi) is 5.99. The van der Waals surface area contributed by atoms with E-state index in [1.54, 1.807) is 26.4 Å². The highest BCUT2D eigenvalue weighted by atomic mass is 16.6. The normalized spacial score (nSPS) is 17.6. The van der Waals surface area contributed by atoms with Crippen LogP contribution in [0.2, 0.25) is 0 Å². The molecule has 1 N–H and O–H groups in total. The van der Waals surface area contributed by atoms with Crippen molar-refractivity contribution in [2.24, 2.45) is 0 Å². The lowest BCUT2D eigenvalue weighted by Gasteiger charge is -2.25. The van der Waals surface area contributed by atoms with E-state index in [1.807, 2.05) is 71.4 Å². The first-order valence-corrected chi connectivity index (χ1v) is 12.3. The predicted molar refractivity (Wildman–Crippen MR) is 141 cm³/mol. The Labute approximate surface area is 219 Å². The number of nitrogens with one attached hydrogen (secondary N) is 1. The minimum absolute atomic E-state index is 0.0155. The third-order valence-electron chi connectivity index (χ3n) is 6.97. The second kappa shape index (κ2) is 9.63. The molecule has 192 valence electrons. The van der Waals surface area contributed by atoms with Gasteiger partial charge in [0.25, 0.3) is 5.91 Å². The standard InChI is InChI=1S/C30H26N2O6/c1-35-27-15-21-23(16-28(27)36-2)32-13-5-6-22(32)20(14-24(21)33)18-9-11-19(12-10-18)31-30(34)29-17-37-25-7-3-4-8-26(25)38-29/h3-13,15-16,20,29H,14,17H2,1-2H3,(H,31,34)/t20-,29-/m0/s1. The minimum Gasteiger partial charge on any atom is -0.493 e. The van der Waals surface area contributed by atoms with Crippen molar-refractivity contribution in [1.29, 1.82) is 0 Å². The SMILES string of the molecule is COc1cc2c(cc1OC)-n1cccc1[C@H](c1ccc(NC(=O)[C@@H]3COc4ccccc4O3)cc1)CC2=O. The Morgan fingerprint density at radius 3 is 2.45 bits per heavy atom. The van der Waals surface area contributed by atoms with Gasteiger partial charge in [-0.3, -0.25) is 9.59 Å². The number of hydrogen-bond donors (Lipinski definition) is 1. The molecule has 0 bridgehead atoms. The van der Waals surface area contributed by atoms with Gasteiger partial charge in [0, 0.05) is 41.5 Å². The number of carbonyl (C=O) groups excluding carboxylic acids is 2. The molecule has 3 aromatic carbocycles. The lowest BCUT2D eigenvalue weighted by Crippen LogP contribution is -2.40. The van der Waals surface area contributed by atoms with Crippen molar-refractivity contribution >= 4 is 17.4 Å². The summed E-state index contributed by atoms with van der Waals surface area (Å²) in [4.78, 5) is 26.2. The predicted octanol–water partition coefficient (Wildman–Crippen LogP) is 4.99. The van der Waals surface area contributed by atoms with Crippen LogP contribution in [0.3, 0.4) is 0 Å². The zero-order valence-corrected chi connectivity index (χ0v) is 21.0. The van der Waals surface area contributed by atoms with Crippen molar-refractivity contribution in [1.82, 2.24) is 4.57 Å². The summed E-state index contributed by atoms with van der Waals surface area (Å²) >= 11 is 0. The van der Waals surface area contributed by atoms with Gasteiger partial charge in [-0.25, -0.2) is 0 Å². The molecule has 0 aliphatic carbocycles. The smallest absolute Gasteiger partial charge is 0.269 e. The third-order valence-corrected chi connectivity index (χ3v) is 6.97. The summed E-state index contributed by atoms with van der Waals surface area (Å²) in [6.07, 6.45) is 1.50. The van der Waals surface area contributed by atoms with E-state index in [-0.39, 0.29) is 24.2 Å². The van der Waals surface area contributed by atoms with E-state index in [0.29, 0.717) is 40.7 Å². The number of aromatic nitrogens is 1. The van der Waals surface area contributed by atoms with E-state index in [4.69, 9.17) is 18.9 Å². The van der Waals surface area contributed by atoms with E-state index < -0.39 is 6.10 Å². The Morgan fingerprint density at radius 1 is 0.947 bits per heavy atom. The second-order valence-electron chi connectivity index (χ2n) is 9.18. The molecule has 6 rings (SSSR count). The van der Waals surface area contributed by atoms with E-state index >= 15 is 0 Å². The molecule has 1 amide bonds. The number of fused-ring (bicyclic) bond motifs is 4. The van der Waals surface area contributed by atoms with E-state index in [0.717, 1.165) is 16.9 Å². The summed E-state index contributed by atoms with van der Waals surface area (Å²) in [6.45, 7) is 0.137. The molecule has 0 saturated carbocycles. The zero-order valence-electron chi connectivity index (χ0n) is 21.0. The first kappa shape index (κ1) is 23.7. The Hall–Kier alpha value is -4.72. The second-order valence-corrected chi connectivity index (χ2v) is 9.18. The Balaban J connectivity index is 1.24. The van der Waals surface area contributed by atoms with Gasteiger partial charge >= 0.3 is 0 Å². The lowest BCUT2D eigenvalue weighted by atomic mass is 9.90. The fourth-order valence-corrected chi connectivity index (χ4v) is 5.05. The Morgan fingerprint density at radius 2 is 1.68 bits per heavy atom. The molecule has 2 atom stereocenters. The largest absolute Gasteiger partial charge is 0.493 e. The Bertz CT molecular complexity index is 1520. The number of hydrogen-bond acceptors (Lipinski definition) is 6. The van der Waals surface area contributed by atoms with Crippen LogP contribution in [0, 0.1) is 0 Å². The highest BCUT2D eigenvalue weighted by Crippen LogP contribution is 2.40. The summed E-state index contributed by atoms with van der Waals surface area (Å²) in [5.74, 6) is 1.81. The van der Waals surface area contributed by atoms with Crippen molar-refractivity contribution in [2.75, 3.05) is 26.1 Å². The van der Waals surface area contributed by atoms with Gasteiger partial charge in [0.05, 0.1) is 19.9 Å². The van der Waals surface area contributed by atoms with E-state index in [1.165, 1.54) is 0 Å². The van der Waals surface area contributed by atoms with Crippen molar-refractivity contribution in [3.05, 3.63) is 95.8 Å². The molecule has 38 heavy (non-hydrogen) atoms. The van der Waals surface area contributed by atoms with Gasteiger partial charge in [-0.1, -0.05) is 24.3 Å². The molecule has 0 saturated heterocycles. The molecular weight excluding hydrogens is 484 g/mol. The number of rotatable bonds is 5. The van der Waals surface area contributed by atoms with Crippen molar-refractivity contribution in [3.8, 4) is 28.7 Å². The average Bonchev–Trinajstić information content (AvgIpc) is 3.41. The number of para-hydroxylation sites is 2. The number of ether oxygens (including phenoxy) is 4. The van der Waals surface area contributed by atoms with Gasteiger partial charge in [0.2, 0.25) is 6.10 Å². The van der Waals surface area contributed by atoms with E-state index in [2.05, 4.69) is 5.32 Å². The van der Waals surface area contributed by atoms with Crippen LogP contribution in [0.1, 0.15) is 34.0 Å². The molecule has 4 aromatic rings. The topological polar surface area (TPSA) is 88.0 Å². The van der Waals surface area contributed by atoms with Crippen molar-refractivity contribution < 1.29 is 28.5 Å². The molecule has 0 unspecified atom stereocenters. The summed E-state index contributed by atoms with van der Waals surface area (Å²) < 4.78 is 24.4. The van der Waals surface area contributed by atoms with Crippen LogP contribution in [0.25, 0.3) is 5.69 Å². The van der Waals surface area contributed by atoms with Crippen LogP contribution >= 0.6 is 0 Å². The quantitative estimate of drug-likeness (QED) is 0.407. The molecule has 8 nitrogen and oxygen atoms in total. The van der Waals surface area contributed by atoms with Crippen LogP contribution < -0.4 is 24.3 Å². The van der Waals surface area contributed by atoms with Crippen LogP contribution in [-0.4, -0.2) is 43.2 Å². The summed E-state index contributed by atoms with van der Waals surface area (Å²) in [5, 5.41) is 2.90. The lowest BCUT2D eigenvalue weighted by molar-refractivity contribution is -0.125. The maximum absolute atomic E-state index is 13.4. The number of methoxy groups -OCH3 is 2. The monoisotopic (exact) mass is 510 g/mol. The number of nitrogens with zero attached hydrogens (tertiary/aromatic N) is 1. The van der Waals surface area contributed by atoms with Crippen LogP contribution in [0.5, 0.6) is 23.0 Å². The first-order chi connectivity index (χ1) is 18.6. The molecule has 3 heterocycles. The van der Waals surface area contributed by atoms with Gasteiger partial charge in [-0.15, -0.1) is 0 Å². The fourth-order valence-electron chi connectivity index (χ4n) is 5.05. The van der Waals surface area contributed by atoms with Crippen molar-refractivity contribution in [3.63, 3.8) is 0 Å². The van der Waals surface area contributed by atoms with E-state index in [9.17, 15) is 9.59 Å². The van der Waals surface area contributed by atoms with Crippen LogP contribution in [0.4, 0.5) is 5.69 Å². The van der Waals surface area contributed by atoms with Crippen molar-refractivity contribution in [2.45, 2.75) is 18.4 Å². The summed E-state index contributed by atoms with van der Waals surface area (Å²) in [6, 6.07) is 22.4. The maximum atomic E-state index is 13.4. The zero-order chi connectivity index (χ0) is 26.2. The first-order valence-electron chi connectivity index (χ1n) is 12.3. The number of ketones is 1. The summed E-state index contributed by atoms with van der Waals surface area (Å²) in [5.41, 5.74) is 3.94. The molecule has 0 spiro atoms. The number of amides is 1. The number of anilines is 1. The molecule has 1 aromatic heterocycles.